The molecule has 1 N–H and O–H groups in total. The van der Waals surface area contributed by atoms with Gasteiger partial charge in [0.15, 0.2) is 18.3 Å². The quantitative estimate of drug-likeness (QED) is 0.537. The van der Waals surface area contributed by atoms with Crippen molar-refractivity contribution in [2.45, 2.75) is 0 Å². The van der Waals surface area contributed by atoms with Crippen molar-refractivity contribution >= 4 is 12.6 Å². The van der Waals surface area contributed by atoms with Crippen molar-refractivity contribution in [1.29, 1.82) is 0 Å². The van der Waals surface area contributed by atoms with Crippen molar-refractivity contribution in [3.05, 3.63) is 11.4 Å². The summed E-state index contributed by atoms with van der Waals surface area (Å²) in [5.74, 6) is 0. The van der Waals surface area contributed by atoms with Crippen molar-refractivity contribution in [2.75, 3.05) is 0 Å². The number of hydrogen-bond acceptors (Lipinski definition) is 4. The van der Waals surface area contributed by atoms with Crippen LogP contribution in [0.3, 0.4) is 0 Å². The molecule has 0 saturated heterocycles. The lowest BCUT2D eigenvalue weighted by atomic mass is 10.4. The SMILES string of the molecule is O=Cc1nn[nH]c1C=O. The van der Waals surface area contributed by atoms with Crippen LogP contribution in [0.1, 0.15) is 21.0 Å². The van der Waals surface area contributed by atoms with Crippen LogP contribution in [0, 0.1) is 0 Å². The number of aromatic amines is 1. The van der Waals surface area contributed by atoms with Crippen LogP contribution < -0.4 is 0 Å². The van der Waals surface area contributed by atoms with Crippen LogP contribution in [0.5, 0.6) is 0 Å². The first-order chi connectivity index (χ1) is 4.38. The molecule has 1 rings (SSSR count). The van der Waals surface area contributed by atoms with Crippen LogP contribution in [0.4, 0.5) is 0 Å². The second kappa shape index (κ2) is 2.17. The smallest absolute Gasteiger partial charge is 0.172 e. The largest absolute Gasteiger partial charge is 0.296 e. The molecule has 5 nitrogen and oxygen atoms in total. The second-order valence-electron chi connectivity index (χ2n) is 1.35. The van der Waals surface area contributed by atoms with Gasteiger partial charge < -0.3 is 0 Å². The Bertz CT molecular complexity index is 207. The van der Waals surface area contributed by atoms with E-state index in [-0.39, 0.29) is 11.4 Å². The standard InChI is InChI=1S/C4H3N3O2/c8-1-3-4(2-9)6-7-5-3/h1-2H,(H,5,6,7). The van der Waals surface area contributed by atoms with Crippen LogP contribution >= 0.6 is 0 Å². The Morgan fingerprint density at radius 1 is 1.33 bits per heavy atom. The second-order valence-corrected chi connectivity index (χ2v) is 1.35. The minimum atomic E-state index is 0.0463. The van der Waals surface area contributed by atoms with Crippen LogP contribution in [0.2, 0.25) is 0 Å². The van der Waals surface area contributed by atoms with E-state index in [1.54, 1.807) is 0 Å². The predicted octanol–water partition coefficient (Wildman–Crippen LogP) is -0.570. The van der Waals surface area contributed by atoms with Crippen LogP contribution in [-0.2, 0) is 0 Å². The molecule has 0 aliphatic rings. The Hall–Kier alpha value is -1.52. The van der Waals surface area contributed by atoms with Crippen LogP contribution in [-0.4, -0.2) is 28.0 Å². The van der Waals surface area contributed by atoms with Crippen LogP contribution in [0.25, 0.3) is 0 Å². The summed E-state index contributed by atoms with van der Waals surface area (Å²) in [5, 5.41) is 8.77. The summed E-state index contributed by atoms with van der Waals surface area (Å²) in [5.41, 5.74) is 0.162. The normalized spacial score (nSPS) is 8.89. The monoisotopic (exact) mass is 125 g/mol. The van der Waals surface area contributed by atoms with E-state index in [2.05, 4.69) is 15.4 Å². The highest BCUT2D eigenvalue weighted by atomic mass is 16.1. The summed E-state index contributed by atoms with van der Waals surface area (Å²) in [6, 6.07) is 0. The Kier molecular flexibility index (Phi) is 1.35. The summed E-state index contributed by atoms with van der Waals surface area (Å²) in [7, 11) is 0. The molecule has 0 unspecified atom stereocenters. The van der Waals surface area contributed by atoms with Crippen LogP contribution in [0.15, 0.2) is 0 Å². The van der Waals surface area contributed by atoms with E-state index < -0.39 is 0 Å². The van der Waals surface area contributed by atoms with E-state index in [0.717, 1.165) is 0 Å². The highest BCUT2D eigenvalue weighted by Gasteiger charge is 2.01. The molecular formula is C4H3N3O2. The molecule has 0 fully saturated rings. The molecule has 0 aliphatic heterocycles. The third-order valence-electron chi connectivity index (χ3n) is 0.834. The van der Waals surface area contributed by atoms with E-state index >= 15 is 0 Å². The maximum absolute atomic E-state index is 9.98. The van der Waals surface area contributed by atoms with Crippen molar-refractivity contribution in [2.24, 2.45) is 0 Å². The zero-order chi connectivity index (χ0) is 6.69. The number of carbonyl (C=O) groups excluding carboxylic acids is 2. The van der Waals surface area contributed by atoms with Gasteiger partial charge in [0.1, 0.15) is 5.69 Å². The Morgan fingerprint density at radius 3 is 2.56 bits per heavy atom. The Morgan fingerprint density at radius 2 is 2.11 bits per heavy atom. The summed E-state index contributed by atoms with van der Waals surface area (Å²) < 4.78 is 0. The third-order valence-corrected chi connectivity index (χ3v) is 0.834. The molecule has 1 aromatic heterocycles. The van der Waals surface area contributed by atoms with Crippen molar-refractivity contribution in [3.8, 4) is 0 Å². The molecule has 5 heteroatoms. The van der Waals surface area contributed by atoms with E-state index in [1.165, 1.54) is 0 Å². The van der Waals surface area contributed by atoms with Gasteiger partial charge >= 0.3 is 0 Å². The summed E-state index contributed by atoms with van der Waals surface area (Å²) >= 11 is 0. The number of hydrogen-bond donors (Lipinski definition) is 1. The Labute approximate surface area is 50.1 Å². The fraction of sp³-hybridized carbons (Fsp3) is 0. The van der Waals surface area contributed by atoms with Gasteiger partial charge in [0, 0.05) is 0 Å². The summed E-state index contributed by atoms with van der Waals surface area (Å²) in [6.45, 7) is 0. The van der Waals surface area contributed by atoms with Gasteiger partial charge in [-0.2, -0.15) is 0 Å². The molecule has 0 amide bonds. The number of aromatic nitrogens is 3. The van der Waals surface area contributed by atoms with Gasteiger partial charge in [0.2, 0.25) is 0 Å². The van der Waals surface area contributed by atoms with E-state index in [0.29, 0.717) is 12.6 Å². The first kappa shape index (κ1) is 5.61. The number of nitrogens with zero attached hydrogens (tertiary/aromatic N) is 2. The van der Waals surface area contributed by atoms with E-state index in [1.807, 2.05) is 0 Å². The number of nitrogens with one attached hydrogen (secondary N) is 1. The highest BCUT2D eigenvalue weighted by molar-refractivity contribution is 5.85. The Balaban J connectivity index is 3.12. The van der Waals surface area contributed by atoms with Gasteiger partial charge in [-0.05, 0) is 0 Å². The molecule has 0 atom stereocenters. The number of H-pyrrole nitrogens is 1. The zero-order valence-corrected chi connectivity index (χ0v) is 4.37. The average molecular weight is 125 g/mol. The minimum absolute atomic E-state index is 0.0463. The third kappa shape index (κ3) is 0.835. The van der Waals surface area contributed by atoms with Gasteiger partial charge in [0.25, 0.3) is 0 Å². The molecular weight excluding hydrogens is 122 g/mol. The molecule has 0 bridgehead atoms. The minimum Gasteiger partial charge on any atom is -0.296 e. The van der Waals surface area contributed by atoms with Gasteiger partial charge in [-0.15, -0.1) is 5.10 Å². The van der Waals surface area contributed by atoms with Gasteiger partial charge in [-0.25, -0.2) is 0 Å². The summed E-state index contributed by atoms with van der Waals surface area (Å²) in [4.78, 5) is 19.9. The molecule has 0 aliphatic carbocycles. The molecule has 0 aromatic carbocycles. The van der Waals surface area contributed by atoms with Crippen molar-refractivity contribution in [1.82, 2.24) is 15.4 Å². The topological polar surface area (TPSA) is 75.7 Å². The first-order valence-corrected chi connectivity index (χ1v) is 2.20. The molecule has 0 spiro atoms. The predicted molar refractivity (Wildman–Crippen MR) is 27.2 cm³/mol. The lowest BCUT2D eigenvalue weighted by Crippen LogP contribution is -1.86. The van der Waals surface area contributed by atoms with Crippen molar-refractivity contribution < 1.29 is 9.59 Å². The maximum Gasteiger partial charge on any atom is 0.172 e. The molecule has 0 radical (unpaired) electrons. The average Bonchev–Trinajstić information content (AvgIpc) is 2.33. The number of carbonyl (C=O) groups is 2. The highest BCUT2D eigenvalue weighted by Crippen LogP contribution is 1.90. The molecule has 9 heavy (non-hydrogen) atoms. The lowest BCUT2D eigenvalue weighted by Gasteiger charge is -1.74. The molecule has 0 saturated carbocycles. The van der Waals surface area contributed by atoms with Gasteiger partial charge in [0.05, 0.1) is 0 Å². The lowest BCUT2D eigenvalue weighted by molar-refractivity contribution is 0.109. The molecule has 1 heterocycles. The fourth-order valence-corrected chi connectivity index (χ4v) is 0.418. The number of aldehydes is 2. The summed E-state index contributed by atoms with van der Waals surface area (Å²) in [6.07, 6.45) is 0.955. The fourth-order valence-electron chi connectivity index (χ4n) is 0.418. The molecule has 46 valence electrons. The number of rotatable bonds is 2. The van der Waals surface area contributed by atoms with Crippen molar-refractivity contribution in [3.63, 3.8) is 0 Å². The van der Waals surface area contributed by atoms with Gasteiger partial charge in [-0.1, -0.05) is 5.21 Å². The van der Waals surface area contributed by atoms with E-state index in [4.69, 9.17) is 0 Å². The first-order valence-electron chi connectivity index (χ1n) is 2.20. The van der Waals surface area contributed by atoms with Gasteiger partial charge in [-0.3, -0.25) is 14.7 Å². The molecule has 1 aromatic rings. The zero-order valence-electron chi connectivity index (χ0n) is 4.37. The maximum atomic E-state index is 9.98. The van der Waals surface area contributed by atoms with E-state index in [9.17, 15) is 9.59 Å².